The van der Waals surface area contributed by atoms with E-state index in [1.165, 1.54) is 17.0 Å². The second-order valence-electron chi connectivity index (χ2n) is 6.45. The van der Waals surface area contributed by atoms with Gasteiger partial charge in [0, 0.05) is 49.9 Å². The maximum atomic E-state index is 12.2. The minimum atomic E-state index is -0.0803. The van der Waals surface area contributed by atoms with Gasteiger partial charge in [-0.05, 0) is 24.6 Å². The van der Waals surface area contributed by atoms with E-state index >= 15 is 0 Å². The van der Waals surface area contributed by atoms with Crippen LogP contribution in [0.25, 0.3) is 10.2 Å². The lowest BCUT2D eigenvalue weighted by Crippen LogP contribution is -2.36. The number of nitriles is 1. The third-order valence-corrected chi connectivity index (χ3v) is 5.53. The van der Waals surface area contributed by atoms with Crippen LogP contribution in [0.1, 0.15) is 28.7 Å². The first-order chi connectivity index (χ1) is 14.2. The topological polar surface area (TPSA) is 91.1 Å². The first-order valence-corrected chi connectivity index (χ1v) is 10.3. The molecule has 0 atom stereocenters. The van der Waals surface area contributed by atoms with Crippen LogP contribution in [0.4, 0.5) is 5.69 Å². The Labute approximate surface area is 174 Å². The molecule has 0 radical (unpaired) electrons. The van der Waals surface area contributed by atoms with Gasteiger partial charge in [0.1, 0.15) is 5.82 Å². The molecule has 7 nitrogen and oxygen atoms in total. The Morgan fingerprint density at radius 1 is 1.28 bits per heavy atom. The summed E-state index contributed by atoms with van der Waals surface area (Å²) in [4.78, 5) is 23.7. The van der Waals surface area contributed by atoms with Crippen LogP contribution in [0, 0.1) is 11.8 Å². The van der Waals surface area contributed by atoms with E-state index in [9.17, 15) is 4.79 Å². The van der Waals surface area contributed by atoms with Gasteiger partial charge in [-0.25, -0.2) is 15.2 Å². The summed E-state index contributed by atoms with van der Waals surface area (Å²) in [5.74, 6) is 0.647. The van der Waals surface area contributed by atoms with Gasteiger partial charge < -0.3 is 15.0 Å². The number of carbonyl (C=O) groups excluding carboxylic acids is 1. The van der Waals surface area contributed by atoms with Gasteiger partial charge in [0.15, 0.2) is 0 Å². The molecule has 0 aliphatic carbocycles. The first kappa shape index (κ1) is 20.7. The zero-order chi connectivity index (χ0) is 20.6. The zero-order valence-corrected chi connectivity index (χ0v) is 17.1. The molecule has 0 bridgehead atoms. The molecular formula is C21H23N5O2S. The number of morpholine rings is 1. The van der Waals surface area contributed by atoms with Crippen LogP contribution in [-0.4, -0.2) is 48.7 Å². The van der Waals surface area contributed by atoms with Crippen molar-refractivity contribution in [3.05, 3.63) is 52.8 Å². The summed E-state index contributed by atoms with van der Waals surface area (Å²) in [6.07, 6.45) is 2.46. The average Bonchev–Trinajstić information content (AvgIpc) is 3.20. The maximum absolute atomic E-state index is 12.2. The van der Waals surface area contributed by atoms with E-state index in [4.69, 9.17) is 10.00 Å². The van der Waals surface area contributed by atoms with Gasteiger partial charge in [-0.1, -0.05) is 12.1 Å². The Morgan fingerprint density at radius 3 is 2.69 bits per heavy atom. The highest BCUT2D eigenvalue weighted by atomic mass is 32.1. The lowest BCUT2D eigenvalue weighted by Gasteiger charge is -2.28. The van der Waals surface area contributed by atoms with Gasteiger partial charge in [-0.3, -0.25) is 4.79 Å². The van der Waals surface area contributed by atoms with Crippen molar-refractivity contribution in [2.24, 2.45) is 0 Å². The molecule has 1 saturated heterocycles. The summed E-state index contributed by atoms with van der Waals surface area (Å²) in [5, 5.41) is 11.2. The molecule has 4 rings (SSSR count). The van der Waals surface area contributed by atoms with E-state index in [0.717, 1.165) is 47.9 Å². The van der Waals surface area contributed by atoms with Crippen molar-refractivity contribution < 1.29 is 9.53 Å². The number of amides is 1. The molecule has 3 aromatic rings. The third kappa shape index (κ3) is 4.88. The van der Waals surface area contributed by atoms with Crippen LogP contribution >= 0.6 is 11.3 Å². The summed E-state index contributed by atoms with van der Waals surface area (Å²) in [5.41, 5.74) is 3.74. The number of benzene rings is 1. The van der Waals surface area contributed by atoms with E-state index < -0.39 is 0 Å². The Kier molecular flexibility index (Phi) is 7.11. The highest BCUT2D eigenvalue weighted by molar-refractivity contribution is 7.17. The molecule has 2 aromatic heterocycles. The summed E-state index contributed by atoms with van der Waals surface area (Å²) >= 11 is 1.50. The molecule has 1 aliphatic rings. The van der Waals surface area contributed by atoms with Crippen LogP contribution in [0.15, 0.2) is 35.8 Å². The number of ether oxygens (including phenoxy) is 1. The number of hydrogen-bond donors (Lipinski definition) is 1. The number of anilines is 1. The standard InChI is InChI=1S/C20H22N4O2S.CHN/c1-2-21-20(25)16-13-27-17-12-22-18(23-19(16)17)11-14-3-5-15(6-4-14)24-7-9-26-10-8-24;1-2/h3-6,12-13H,2,7-11H2,1H3,(H,21,25);1H. The summed E-state index contributed by atoms with van der Waals surface area (Å²) < 4.78 is 6.34. The lowest BCUT2D eigenvalue weighted by atomic mass is 10.1. The number of fused-ring (bicyclic) bond motifs is 1. The minimum absolute atomic E-state index is 0.0803. The lowest BCUT2D eigenvalue weighted by molar-refractivity contribution is 0.0957. The highest BCUT2D eigenvalue weighted by Crippen LogP contribution is 2.24. The number of nitrogens with zero attached hydrogens (tertiary/aromatic N) is 4. The van der Waals surface area contributed by atoms with E-state index in [1.807, 2.05) is 18.5 Å². The maximum Gasteiger partial charge on any atom is 0.254 e. The molecule has 1 N–H and O–H groups in total. The fourth-order valence-electron chi connectivity index (χ4n) is 3.20. The first-order valence-electron chi connectivity index (χ1n) is 9.43. The van der Waals surface area contributed by atoms with Crippen molar-refractivity contribution in [2.75, 3.05) is 37.7 Å². The Morgan fingerprint density at radius 2 is 2.00 bits per heavy atom. The van der Waals surface area contributed by atoms with Crippen LogP contribution in [0.5, 0.6) is 0 Å². The van der Waals surface area contributed by atoms with Crippen molar-refractivity contribution in [1.29, 1.82) is 5.26 Å². The molecule has 1 amide bonds. The Bertz CT molecular complexity index is 978. The van der Waals surface area contributed by atoms with Crippen molar-refractivity contribution in [2.45, 2.75) is 13.3 Å². The Balaban J connectivity index is 0.00000117. The number of nitrogens with one attached hydrogen (secondary N) is 1. The monoisotopic (exact) mass is 409 g/mol. The van der Waals surface area contributed by atoms with Gasteiger partial charge in [0.2, 0.25) is 0 Å². The molecule has 8 heteroatoms. The average molecular weight is 410 g/mol. The normalized spacial score (nSPS) is 13.6. The third-order valence-electron chi connectivity index (χ3n) is 4.62. The van der Waals surface area contributed by atoms with Crippen LogP contribution in [-0.2, 0) is 11.2 Å². The fraction of sp³-hybridized carbons (Fsp3) is 0.333. The van der Waals surface area contributed by atoms with E-state index in [-0.39, 0.29) is 5.91 Å². The predicted octanol–water partition coefficient (Wildman–Crippen LogP) is 3.01. The van der Waals surface area contributed by atoms with Crippen LogP contribution in [0.2, 0.25) is 0 Å². The van der Waals surface area contributed by atoms with Gasteiger partial charge in [-0.15, -0.1) is 11.3 Å². The number of rotatable bonds is 5. The van der Waals surface area contributed by atoms with Crippen LogP contribution < -0.4 is 10.2 Å². The largest absolute Gasteiger partial charge is 0.378 e. The number of hydrogen-bond acceptors (Lipinski definition) is 7. The number of carbonyl (C=O) groups is 1. The zero-order valence-electron chi connectivity index (χ0n) is 16.3. The van der Waals surface area contributed by atoms with E-state index in [1.54, 1.807) is 0 Å². The molecule has 150 valence electrons. The summed E-state index contributed by atoms with van der Waals surface area (Å²) in [6, 6.07) is 8.53. The number of thiophene rings is 1. The SMILES string of the molecule is C#N.CCNC(=O)c1csc2cnc(Cc3ccc(N4CCOCC4)cc3)nc12. The van der Waals surface area contributed by atoms with Crippen molar-refractivity contribution in [1.82, 2.24) is 15.3 Å². The second-order valence-corrected chi connectivity index (χ2v) is 7.36. The van der Waals surface area contributed by atoms with Crippen molar-refractivity contribution in [3.63, 3.8) is 0 Å². The van der Waals surface area contributed by atoms with E-state index in [0.29, 0.717) is 18.5 Å². The van der Waals surface area contributed by atoms with E-state index in [2.05, 4.69) is 51.0 Å². The quantitative estimate of drug-likeness (QED) is 0.697. The Hall–Kier alpha value is -3.02. The smallest absolute Gasteiger partial charge is 0.254 e. The highest BCUT2D eigenvalue weighted by Gasteiger charge is 2.15. The molecule has 0 saturated carbocycles. The number of aromatic nitrogens is 2. The van der Waals surface area contributed by atoms with Crippen molar-refractivity contribution in [3.8, 4) is 6.57 Å². The molecule has 1 fully saturated rings. The molecule has 3 heterocycles. The van der Waals surface area contributed by atoms with Gasteiger partial charge in [0.05, 0.1) is 29.0 Å². The summed E-state index contributed by atoms with van der Waals surface area (Å²) in [6.45, 7) is 9.44. The van der Waals surface area contributed by atoms with Crippen molar-refractivity contribution >= 4 is 33.1 Å². The summed E-state index contributed by atoms with van der Waals surface area (Å²) in [7, 11) is 0. The predicted molar refractivity (Wildman–Crippen MR) is 114 cm³/mol. The molecule has 29 heavy (non-hydrogen) atoms. The molecule has 1 aliphatic heterocycles. The van der Waals surface area contributed by atoms with Gasteiger partial charge >= 0.3 is 0 Å². The second kappa shape index (κ2) is 9.96. The minimum Gasteiger partial charge on any atom is -0.378 e. The molecular weight excluding hydrogens is 386 g/mol. The van der Waals surface area contributed by atoms with Gasteiger partial charge in [-0.2, -0.15) is 0 Å². The molecule has 1 aromatic carbocycles. The molecule has 0 spiro atoms. The van der Waals surface area contributed by atoms with Gasteiger partial charge in [0.25, 0.3) is 5.91 Å². The fourth-order valence-corrected chi connectivity index (χ4v) is 4.04. The van der Waals surface area contributed by atoms with Crippen LogP contribution in [0.3, 0.4) is 0 Å². The molecule has 0 unspecified atom stereocenters.